The van der Waals surface area contributed by atoms with Crippen molar-refractivity contribution in [3.8, 4) is 11.5 Å². The molecule has 0 aliphatic carbocycles. The average Bonchev–Trinajstić information content (AvgIpc) is 3.46. The smallest absolute Gasteiger partial charge is 0.253 e. The Bertz CT molecular complexity index is 1380. The molecule has 1 N–H and O–H groups in total. The number of oxazole rings is 1. The van der Waals surface area contributed by atoms with Gasteiger partial charge in [-0.2, -0.15) is 4.31 Å². The molecule has 5 rings (SSSR count). The SMILES string of the molecule is O=C(Nc1ccc(-c2nc3ccccc3o2)cc1)C1CCCCN1S(=O)(=O)c1ccc(Cl)s1. The number of fused-ring (bicyclic) bond motifs is 1. The molecule has 1 aliphatic rings. The van der Waals surface area contributed by atoms with Crippen molar-refractivity contribution < 1.29 is 17.6 Å². The Hall–Kier alpha value is -2.72. The van der Waals surface area contributed by atoms with Gasteiger partial charge in [0.2, 0.25) is 11.8 Å². The maximum Gasteiger partial charge on any atom is 0.253 e. The van der Waals surface area contributed by atoms with Crippen LogP contribution in [0.4, 0.5) is 5.69 Å². The minimum Gasteiger partial charge on any atom is -0.436 e. The van der Waals surface area contributed by atoms with Gasteiger partial charge in [0.05, 0.1) is 4.34 Å². The highest BCUT2D eigenvalue weighted by Crippen LogP contribution is 2.32. The van der Waals surface area contributed by atoms with Gasteiger partial charge in [-0.25, -0.2) is 13.4 Å². The van der Waals surface area contributed by atoms with E-state index in [4.69, 9.17) is 16.0 Å². The fraction of sp³-hybridized carbons (Fsp3) is 0.217. The molecule has 2 aromatic heterocycles. The largest absolute Gasteiger partial charge is 0.436 e. The lowest BCUT2D eigenvalue weighted by atomic mass is 10.0. The Morgan fingerprint density at radius 2 is 1.88 bits per heavy atom. The standard InChI is InChI=1S/C23H20ClN3O4S2/c24-20-12-13-21(32-20)33(29,30)27-14-4-3-6-18(27)22(28)25-16-10-8-15(9-11-16)23-26-17-5-1-2-7-19(17)31-23/h1-2,5,7-13,18H,3-4,6,14H2,(H,25,28). The van der Waals surface area contributed by atoms with Gasteiger partial charge in [-0.3, -0.25) is 4.79 Å². The number of carbonyl (C=O) groups excluding carboxylic acids is 1. The van der Waals surface area contributed by atoms with Crippen LogP contribution in [-0.4, -0.2) is 36.2 Å². The number of nitrogens with zero attached hydrogens (tertiary/aromatic N) is 2. The van der Waals surface area contributed by atoms with E-state index in [0.29, 0.717) is 40.9 Å². The number of carbonyl (C=O) groups is 1. The summed E-state index contributed by atoms with van der Waals surface area (Å²) >= 11 is 6.93. The number of sulfonamides is 1. The molecule has 1 atom stereocenters. The topological polar surface area (TPSA) is 92.5 Å². The van der Waals surface area contributed by atoms with E-state index in [-0.39, 0.29) is 10.1 Å². The van der Waals surface area contributed by atoms with Crippen LogP contribution in [0, 0.1) is 0 Å². The number of thiophene rings is 1. The highest BCUT2D eigenvalue weighted by Gasteiger charge is 2.38. The van der Waals surface area contributed by atoms with E-state index in [9.17, 15) is 13.2 Å². The van der Waals surface area contributed by atoms with Crippen molar-refractivity contribution in [2.45, 2.75) is 29.5 Å². The van der Waals surface area contributed by atoms with E-state index in [1.54, 1.807) is 18.2 Å². The van der Waals surface area contributed by atoms with Crippen molar-refractivity contribution >= 4 is 55.7 Å². The first-order valence-corrected chi connectivity index (χ1v) is 13.1. The molecule has 33 heavy (non-hydrogen) atoms. The molecule has 10 heteroatoms. The molecule has 0 saturated carbocycles. The minimum atomic E-state index is -3.80. The van der Waals surface area contributed by atoms with E-state index in [2.05, 4.69) is 10.3 Å². The maximum absolute atomic E-state index is 13.1. The van der Waals surface area contributed by atoms with Gasteiger partial charge < -0.3 is 9.73 Å². The molecule has 7 nitrogen and oxygen atoms in total. The number of halogens is 1. The van der Waals surface area contributed by atoms with Crippen LogP contribution in [0.1, 0.15) is 19.3 Å². The number of rotatable bonds is 5. The monoisotopic (exact) mass is 501 g/mol. The molecule has 1 fully saturated rings. The van der Waals surface area contributed by atoms with Crippen LogP contribution in [0.2, 0.25) is 4.34 Å². The molecule has 1 aliphatic heterocycles. The second-order valence-corrected chi connectivity index (χ2v) is 11.6. The fourth-order valence-corrected chi connectivity index (χ4v) is 7.19. The number of anilines is 1. The summed E-state index contributed by atoms with van der Waals surface area (Å²) in [7, 11) is -3.80. The Kier molecular flexibility index (Phi) is 5.96. The van der Waals surface area contributed by atoms with Crippen molar-refractivity contribution in [2.75, 3.05) is 11.9 Å². The summed E-state index contributed by atoms with van der Waals surface area (Å²) < 4.78 is 33.9. The van der Waals surface area contributed by atoms with Crippen LogP contribution >= 0.6 is 22.9 Å². The number of piperidine rings is 1. The zero-order valence-corrected chi connectivity index (χ0v) is 19.8. The van der Waals surface area contributed by atoms with Crippen molar-refractivity contribution in [3.63, 3.8) is 0 Å². The van der Waals surface area contributed by atoms with Crippen LogP contribution < -0.4 is 5.32 Å². The highest BCUT2D eigenvalue weighted by atomic mass is 35.5. The summed E-state index contributed by atoms with van der Waals surface area (Å²) in [5.74, 6) is 0.142. The number of hydrogen-bond acceptors (Lipinski definition) is 6. The van der Waals surface area contributed by atoms with E-state index in [0.717, 1.165) is 28.8 Å². The van der Waals surface area contributed by atoms with Crippen molar-refractivity contribution in [3.05, 3.63) is 65.0 Å². The Labute approximate surface area is 200 Å². The Morgan fingerprint density at radius 1 is 1.09 bits per heavy atom. The van der Waals surface area contributed by atoms with Crippen molar-refractivity contribution in [1.29, 1.82) is 0 Å². The Balaban J connectivity index is 1.33. The summed E-state index contributed by atoms with van der Waals surface area (Å²) in [6.07, 6.45) is 1.96. The number of nitrogens with one attached hydrogen (secondary N) is 1. The summed E-state index contributed by atoms with van der Waals surface area (Å²) in [5.41, 5.74) is 2.83. The first-order chi connectivity index (χ1) is 15.9. The molecule has 2 aromatic carbocycles. The highest BCUT2D eigenvalue weighted by molar-refractivity contribution is 7.91. The van der Waals surface area contributed by atoms with Crippen LogP contribution in [0.15, 0.2) is 69.3 Å². The molecule has 4 aromatic rings. The number of aromatic nitrogens is 1. The fourth-order valence-electron chi connectivity index (χ4n) is 3.92. The molecular weight excluding hydrogens is 482 g/mol. The van der Waals surface area contributed by atoms with Crippen LogP contribution in [0.25, 0.3) is 22.6 Å². The normalized spacial score (nSPS) is 17.3. The van der Waals surface area contributed by atoms with Gasteiger partial charge in [0.25, 0.3) is 10.0 Å². The van der Waals surface area contributed by atoms with Crippen LogP contribution in [0.5, 0.6) is 0 Å². The average molecular weight is 502 g/mol. The third-order valence-corrected chi connectivity index (χ3v) is 9.17. The molecule has 1 amide bonds. The van der Waals surface area contributed by atoms with E-state index >= 15 is 0 Å². The van der Waals surface area contributed by atoms with Crippen molar-refractivity contribution in [1.82, 2.24) is 9.29 Å². The van der Waals surface area contributed by atoms with Crippen LogP contribution in [0.3, 0.4) is 0 Å². The predicted octanol–water partition coefficient (Wildman–Crippen LogP) is 5.39. The molecule has 3 heterocycles. The molecule has 0 spiro atoms. The molecule has 170 valence electrons. The summed E-state index contributed by atoms with van der Waals surface area (Å²) in [4.78, 5) is 17.5. The van der Waals surface area contributed by atoms with Gasteiger partial charge in [-0.15, -0.1) is 11.3 Å². The molecular formula is C23H20ClN3O4S2. The zero-order chi connectivity index (χ0) is 23.0. The maximum atomic E-state index is 13.1. The predicted molar refractivity (Wildman–Crippen MR) is 129 cm³/mol. The van der Waals surface area contributed by atoms with E-state index < -0.39 is 16.1 Å². The summed E-state index contributed by atoms with van der Waals surface area (Å²) in [5, 5.41) is 2.86. The third-order valence-electron chi connectivity index (χ3n) is 5.56. The van der Waals surface area contributed by atoms with Gasteiger partial charge in [0.1, 0.15) is 15.8 Å². The zero-order valence-electron chi connectivity index (χ0n) is 17.4. The van der Waals surface area contributed by atoms with Gasteiger partial charge in [0.15, 0.2) is 5.58 Å². The van der Waals surface area contributed by atoms with E-state index in [1.165, 1.54) is 10.4 Å². The summed E-state index contributed by atoms with van der Waals surface area (Å²) in [6, 6.07) is 16.9. The number of para-hydroxylation sites is 2. The molecule has 1 unspecified atom stereocenters. The number of amides is 1. The van der Waals surface area contributed by atoms with Crippen molar-refractivity contribution in [2.24, 2.45) is 0 Å². The molecule has 1 saturated heterocycles. The lowest BCUT2D eigenvalue weighted by Crippen LogP contribution is -2.49. The third kappa shape index (κ3) is 4.41. The Morgan fingerprint density at radius 3 is 2.61 bits per heavy atom. The van der Waals surface area contributed by atoms with Gasteiger partial charge in [-0.05, 0) is 61.4 Å². The molecule has 0 radical (unpaired) electrons. The second-order valence-electron chi connectivity index (χ2n) is 7.74. The lowest BCUT2D eigenvalue weighted by molar-refractivity contribution is -0.120. The van der Waals surface area contributed by atoms with Gasteiger partial charge >= 0.3 is 0 Å². The quantitative estimate of drug-likeness (QED) is 0.395. The first-order valence-electron chi connectivity index (χ1n) is 10.5. The van der Waals surface area contributed by atoms with Crippen LogP contribution in [-0.2, 0) is 14.8 Å². The van der Waals surface area contributed by atoms with Gasteiger partial charge in [-0.1, -0.05) is 30.2 Å². The van der Waals surface area contributed by atoms with E-state index in [1.807, 2.05) is 36.4 Å². The first kappa shape index (κ1) is 22.1. The number of benzene rings is 2. The number of hydrogen-bond donors (Lipinski definition) is 1. The molecule has 0 bridgehead atoms. The van der Waals surface area contributed by atoms with Gasteiger partial charge in [0, 0.05) is 17.8 Å². The second kappa shape index (κ2) is 8.90. The minimum absolute atomic E-state index is 0.148. The summed E-state index contributed by atoms with van der Waals surface area (Å²) in [6.45, 7) is 0.298. The lowest BCUT2D eigenvalue weighted by Gasteiger charge is -2.33.